The van der Waals surface area contributed by atoms with E-state index in [4.69, 9.17) is 4.52 Å². The summed E-state index contributed by atoms with van der Waals surface area (Å²) in [6.45, 7) is 2.73. The molecule has 1 aromatic carbocycles. The summed E-state index contributed by atoms with van der Waals surface area (Å²) in [4.78, 5) is 25.1. The molecule has 8 heteroatoms. The number of rotatable bonds is 6. The van der Waals surface area contributed by atoms with E-state index < -0.39 is 0 Å². The van der Waals surface area contributed by atoms with Crippen molar-refractivity contribution in [3.05, 3.63) is 54.7 Å². The van der Waals surface area contributed by atoms with Crippen LogP contribution >= 0.6 is 0 Å². The first kappa shape index (κ1) is 16.9. The molecule has 1 amide bonds. The fourth-order valence-corrected chi connectivity index (χ4v) is 2.87. The predicted molar refractivity (Wildman–Crippen MR) is 99.9 cm³/mol. The molecule has 4 rings (SSSR count). The number of aryl methyl sites for hydroxylation is 2. The highest BCUT2D eigenvalue weighted by atomic mass is 16.5. The molecule has 3 aromatic heterocycles. The molecule has 0 unspecified atom stereocenters. The minimum Gasteiger partial charge on any atom is -0.339 e. The van der Waals surface area contributed by atoms with E-state index >= 15 is 0 Å². The molecule has 1 N–H and O–H groups in total. The highest BCUT2D eigenvalue weighted by molar-refractivity contribution is 5.91. The molecule has 0 saturated heterocycles. The number of hydrogen-bond donors (Lipinski definition) is 1. The second-order valence-electron chi connectivity index (χ2n) is 5.96. The SMILES string of the molecule is CCn1c(NC(=O)CCc2nc(-c3ccncc3)no2)nc2ccccc21. The van der Waals surface area contributed by atoms with Crippen LogP contribution in [0.25, 0.3) is 22.4 Å². The Morgan fingerprint density at radius 1 is 1.15 bits per heavy atom. The van der Waals surface area contributed by atoms with Gasteiger partial charge in [0.15, 0.2) is 0 Å². The summed E-state index contributed by atoms with van der Waals surface area (Å²) < 4.78 is 7.20. The quantitative estimate of drug-likeness (QED) is 0.566. The lowest BCUT2D eigenvalue weighted by atomic mass is 10.2. The van der Waals surface area contributed by atoms with Crippen molar-refractivity contribution >= 4 is 22.9 Å². The van der Waals surface area contributed by atoms with Crippen LogP contribution in [0.2, 0.25) is 0 Å². The van der Waals surface area contributed by atoms with E-state index in [1.54, 1.807) is 24.5 Å². The minimum absolute atomic E-state index is 0.149. The number of nitrogens with one attached hydrogen (secondary N) is 1. The molecule has 0 saturated carbocycles. The zero-order chi connectivity index (χ0) is 18.6. The number of carbonyl (C=O) groups is 1. The Morgan fingerprint density at radius 3 is 2.78 bits per heavy atom. The average Bonchev–Trinajstić information content (AvgIpc) is 3.31. The lowest BCUT2D eigenvalue weighted by Crippen LogP contribution is -2.16. The van der Waals surface area contributed by atoms with Crippen LogP contribution in [0, 0.1) is 0 Å². The van der Waals surface area contributed by atoms with Crippen LogP contribution in [0.3, 0.4) is 0 Å². The van der Waals surface area contributed by atoms with Crippen LogP contribution < -0.4 is 5.32 Å². The number of nitrogens with zero attached hydrogens (tertiary/aromatic N) is 5. The van der Waals surface area contributed by atoms with Crippen LogP contribution in [0.1, 0.15) is 19.2 Å². The average molecular weight is 362 g/mol. The molecule has 0 aliphatic carbocycles. The van der Waals surface area contributed by atoms with Gasteiger partial charge in [0.05, 0.1) is 11.0 Å². The number of benzene rings is 1. The van der Waals surface area contributed by atoms with Crippen LogP contribution in [0.15, 0.2) is 53.3 Å². The molecule has 0 aliphatic heterocycles. The van der Waals surface area contributed by atoms with Crippen molar-refractivity contribution in [1.82, 2.24) is 24.7 Å². The molecule has 0 atom stereocenters. The van der Waals surface area contributed by atoms with Gasteiger partial charge in [-0.05, 0) is 31.2 Å². The number of hydrogen-bond acceptors (Lipinski definition) is 6. The molecule has 0 radical (unpaired) electrons. The number of fused-ring (bicyclic) bond motifs is 1. The fraction of sp³-hybridized carbons (Fsp3) is 0.211. The maximum absolute atomic E-state index is 12.3. The third-order valence-corrected chi connectivity index (χ3v) is 4.19. The second kappa shape index (κ2) is 7.36. The van der Waals surface area contributed by atoms with Gasteiger partial charge in [0.2, 0.25) is 23.6 Å². The van der Waals surface area contributed by atoms with Crippen molar-refractivity contribution in [2.45, 2.75) is 26.3 Å². The van der Waals surface area contributed by atoms with Gasteiger partial charge in [-0.25, -0.2) is 4.98 Å². The van der Waals surface area contributed by atoms with E-state index in [-0.39, 0.29) is 12.3 Å². The molecule has 136 valence electrons. The third-order valence-electron chi connectivity index (χ3n) is 4.19. The molecule has 0 fully saturated rings. The van der Waals surface area contributed by atoms with Gasteiger partial charge < -0.3 is 9.09 Å². The van der Waals surface area contributed by atoms with Crippen molar-refractivity contribution in [2.75, 3.05) is 5.32 Å². The zero-order valence-electron chi connectivity index (χ0n) is 14.8. The molecule has 4 aromatic rings. The topological polar surface area (TPSA) is 98.7 Å². The van der Waals surface area contributed by atoms with E-state index in [0.29, 0.717) is 24.1 Å². The van der Waals surface area contributed by atoms with Gasteiger partial charge in [-0.1, -0.05) is 17.3 Å². The fourth-order valence-electron chi connectivity index (χ4n) is 2.87. The van der Waals surface area contributed by atoms with Gasteiger partial charge in [0, 0.05) is 37.3 Å². The number of anilines is 1. The monoisotopic (exact) mass is 362 g/mol. The number of carbonyl (C=O) groups excluding carboxylic acids is 1. The lowest BCUT2D eigenvalue weighted by Gasteiger charge is -2.06. The number of amides is 1. The third kappa shape index (κ3) is 3.55. The second-order valence-corrected chi connectivity index (χ2v) is 5.96. The van der Waals surface area contributed by atoms with Crippen molar-refractivity contribution in [2.24, 2.45) is 0 Å². The Bertz CT molecular complexity index is 1070. The molecule has 27 heavy (non-hydrogen) atoms. The summed E-state index contributed by atoms with van der Waals surface area (Å²) in [5, 5.41) is 6.82. The zero-order valence-corrected chi connectivity index (χ0v) is 14.8. The Morgan fingerprint density at radius 2 is 1.96 bits per heavy atom. The van der Waals surface area contributed by atoms with E-state index in [1.807, 2.05) is 35.8 Å². The molecule has 0 bridgehead atoms. The summed E-state index contributed by atoms with van der Waals surface area (Å²) in [5.41, 5.74) is 2.67. The first-order chi connectivity index (χ1) is 13.2. The molecule has 8 nitrogen and oxygen atoms in total. The Balaban J connectivity index is 1.41. The number of pyridine rings is 1. The summed E-state index contributed by atoms with van der Waals surface area (Å²) in [7, 11) is 0. The molecule has 3 heterocycles. The van der Waals surface area contributed by atoms with Crippen LogP contribution in [-0.2, 0) is 17.8 Å². The maximum atomic E-state index is 12.3. The van der Waals surface area contributed by atoms with Crippen molar-refractivity contribution in [3.8, 4) is 11.4 Å². The van der Waals surface area contributed by atoms with Gasteiger partial charge in [-0.15, -0.1) is 0 Å². The summed E-state index contributed by atoms with van der Waals surface area (Å²) >= 11 is 0. The predicted octanol–water partition coefficient (Wildman–Crippen LogP) is 3.07. The molecular formula is C19H18N6O2. The van der Waals surface area contributed by atoms with E-state index in [2.05, 4.69) is 25.4 Å². The summed E-state index contributed by atoms with van der Waals surface area (Å²) in [5.74, 6) is 1.30. The van der Waals surface area contributed by atoms with E-state index in [0.717, 1.165) is 23.1 Å². The summed E-state index contributed by atoms with van der Waals surface area (Å²) in [6.07, 6.45) is 3.92. The van der Waals surface area contributed by atoms with Gasteiger partial charge in [-0.2, -0.15) is 4.98 Å². The largest absolute Gasteiger partial charge is 0.339 e. The standard InChI is InChI=1S/C19H18N6O2/c1-2-25-15-6-4-3-5-14(15)21-19(25)22-16(26)7-8-17-23-18(24-27-17)13-9-11-20-12-10-13/h3-6,9-12H,2,7-8H2,1H3,(H,21,22,26). The van der Waals surface area contributed by atoms with Crippen molar-refractivity contribution < 1.29 is 9.32 Å². The normalized spacial score (nSPS) is 11.0. The van der Waals surface area contributed by atoms with Crippen molar-refractivity contribution in [3.63, 3.8) is 0 Å². The summed E-state index contributed by atoms with van der Waals surface area (Å²) in [6, 6.07) is 11.4. The van der Waals surface area contributed by atoms with Crippen molar-refractivity contribution in [1.29, 1.82) is 0 Å². The number of imidazole rings is 1. The van der Waals surface area contributed by atoms with E-state index in [1.165, 1.54) is 0 Å². The highest BCUT2D eigenvalue weighted by Crippen LogP contribution is 2.20. The Hall–Kier alpha value is -3.55. The Labute approximate surface area is 155 Å². The van der Waals surface area contributed by atoms with Crippen LogP contribution in [0.4, 0.5) is 5.95 Å². The smallest absolute Gasteiger partial charge is 0.227 e. The van der Waals surface area contributed by atoms with Gasteiger partial charge >= 0.3 is 0 Å². The first-order valence-electron chi connectivity index (χ1n) is 8.72. The minimum atomic E-state index is -0.149. The lowest BCUT2D eigenvalue weighted by molar-refractivity contribution is -0.116. The molecule has 0 spiro atoms. The van der Waals surface area contributed by atoms with Gasteiger partial charge in [0.25, 0.3) is 0 Å². The van der Waals surface area contributed by atoms with Crippen LogP contribution in [-0.4, -0.2) is 30.6 Å². The van der Waals surface area contributed by atoms with Crippen LogP contribution in [0.5, 0.6) is 0 Å². The number of para-hydroxylation sites is 2. The highest BCUT2D eigenvalue weighted by Gasteiger charge is 2.14. The number of aromatic nitrogens is 5. The van der Waals surface area contributed by atoms with Gasteiger partial charge in [-0.3, -0.25) is 15.1 Å². The maximum Gasteiger partial charge on any atom is 0.227 e. The first-order valence-corrected chi connectivity index (χ1v) is 8.72. The Kier molecular flexibility index (Phi) is 4.61. The van der Waals surface area contributed by atoms with E-state index in [9.17, 15) is 4.79 Å². The molecular weight excluding hydrogens is 344 g/mol. The van der Waals surface area contributed by atoms with Gasteiger partial charge in [0.1, 0.15) is 0 Å². The molecule has 0 aliphatic rings.